The van der Waals surface area contributed by atoms with Gasteiger partial charge in [0.05, 0.1) is 6.26 Å². The molecule has 0 amide bonds. The normalized spacial score (nSPS) is 21.7. The van der Waals surface area contributed by atoms with Gasteiger partial charge in [-0.15, -0.1) is 0 Å². The predicted octanol–water partition coefficient (Wildman–Crippen LogP) is 1.82. The maximum Gasteiger partial charge on any atom is 0.211 e. The molecular formula is C13H22N2O2S2. The minimum atomic E-state index is -3.03. The molecule has 1 aromatic heterocycles. The number of hydrogen-bond donors (Lipinski definition) is 1. The monoisotopic (exact) mass is 302 g/mol. The van der Waals surface area contributed by atoms with Gasteiger partial charge in [0.2, 0.25) is 10.0 Å². The molecule has 6 heteroatoms. The molecule has 1 aromatic rings. The van der Waals surface area contributed by atoms with Crippen molar-refractivity contribution in [1.82, 2.24) is 9.62 Å². The molecule has 1 aliphatic rings. The average Bonchev–Trinajstić information content (AvgIpc) is 2.75. The van der Waals surface area contributed by atoms with Crippen molar-refractivity contribution in [1.29, 1.82) is 0 Å². The average molecular weight is 302 g/mol. The molecule has 1 fully saturated rings. The van der Waals surface area contributed by atoms with Gasteiger partial charge in [0.15, 0.2) is 0 Å². The number of piperidine rings is 1. The first-order valence-electron chi connectivity index (χ1n) is 6.64. The van der Waals surface area contributed by atoms with Crippen LogP contribution in [-0.2, 0) is 16.6 Å². The Bertz CT molecular complexity index is 510. The van der Waals surface area contributed by atoms with E-state index in [4.69, 9.17) is 0 Å². The SMILES string of the molecule is Cc1cscc1CNCC1CCCN(S(C)(=O)=O)C1. The number of sulfonamides is 1. The van der Waals surface area contributed by atoms with Crippen LogP contribution in [0.5, 0.6) is 0 Å². The third-order valence-corrected chi connectivity index (χ3v) is 5.84. The van der Waals surface area contributed by atoms with E-state index in [9.17, 15) is 8.42 Å². The molecule has 1 unspecified atom stereocenters. The van der Waals surface area contributed by atoms with E-state index in [1.54, 1.807) is 15.6 Å². The van der Waals surface area contributed by atoms with Crippen LogP contribution in [0, 0.1) is 12.8 Å². The van der Waals surface area contributed by atoms with Crippen molar-refractivity contribution < 1.29 is 8.42 Å². The van der Waals surface area contributed by atoms with Crippen LogP contribution >= 0.6 is 11.3 Å². The van der Waals surface area contributed by atoms with E-state index in [0.29, 0.717) is 19.0 Å². The number of thiophene rings is 1. The van der Waals surface area contributed by atoms with E-state index in [1.165, 1.54) is 17.4 Å². The van der Waals surface area contributed by atoms with Gasteiger partial charge < -0.3 is 5.32 Å². The van der Waals surface area contributed by atoms with Crippen molar-refractivity contribution in [3.63, 3.8) is 0 Å². The zero-order chi connectivity index (χ0) is 13.9. The van der Waals surface area contributed by atoms with Gasteiger partial charge in [0.1, 0.15) is 0 Å². The quantitative estimate of drug-likeness (QED) is 0.902. The Labute approximate surface area is 119 Å². The molecular weight excluding hydrogens is 280 g/mol. The zero-order valence-corrected chi connectivity index (χ0v) is 13.2. The van der Waals surface area contributed by atoms with Crippen molar-refractivity contribution >= 4 is 21.4 Å². The van der Waals surface area contributed by atoms with Gasteiger partial charge in [-0.1, -0.05) is 0 Å². The molecule has 0 aliphatic carbocycles. The number of nitrogens with zero attached hydrogens (tertiary/aromatic N) is 1. The number of rotatable bonds is 5. The number of nitrogens with one attached hydrogen (secondary N) is 1. The first-order chi connectivity index (χ1) is 8.97. The summed E-state index contributed by atoms with van der Waals surface area (Å²) >= 11 is 1.73. The summed E-state index contributed by atoms with van der Waals surface area (Å²) in [5, 5.41) is 7.78. The van der Waals surface area contributed by atoms with Gasteiger partial charge in [0.25, 0.3) is 0 Å². The summed E-state index contributed by atoms with van der Waals surface area (Å²) in [6.45, 7) is 5.24. The van der Waals surface area contributed by atoms with Crippen LogP contribution in [0.25, 0.3) is 0 Å². The van der Waals surface area contributed by atoms with Crippen molar-refractivity contribution in [3.8, 4) is 0 Å². The Morgan fingerprint density at radius 2 is 2.26 bits per heavy atom. The molecule has 2 rings (SSSR count). The van der Waals surface area contributed by atoms with Gasteiger partial charge in [-0.2, -0.15) is 11.3 Å². The molecule has 1 N–H and O–H groups in total. The maximum atomic E-state index is 11.5. The second-order valence-electron chi connectivity index (χ2n) is 5.34. The van der Waals surface area contributed by atoms with Gasteiger partial charge >= 0.3 is 0 Å². The molecule has 2 heterocycles. The third-order valence-electron chi connectivity index (χ3n) is 3.66. The largest absolute Gasteiger partial charge is 0.312 e. The molecule has 4 nitrogen and oxygen atoms in total. The standard InChI is InChI=1S/C13H22N2O2S2/c1-11-9-18-10-13(11)7-14-6-12-4-3-5-15(8-12)19(2,16)17/h9-10,12,14H,3-8H2,1-2H3. The Balaban J connectivity index is 1.79. The lowest BCUT2D eigenvalue weighted by atomic mass is 9.99. The lowest BCUT2D eigenvalue weighted by molar-refractivity contribution is 0.261. The molecule has 1 atom stereocenters. The summed E-state index contributed by atoms with van der Waals surface area (Å²) in [6, 6.07) is 0. The summed E-state index contributed by atoms with van der Waals surface area (Å²) in [5.74, 6) is 0.433. The highest BCUT2D eigenvalue weighted by molar-refractivity contribution is 7.88. The molecule has 1 saturated heterocycles. The molecule has 1 aliphatic heterocycles. The third kappa shape index (κ3) is 4.27. The van der Waals surface area contributed by atoms with Crippen LogP contribution in [0.15, 0.2) is 10.8 Å². The van der Waals surface area contributed by atoms with Gasteiger partial charge in [-0.05, 0) is 54.1 Å². The Morgan fingerprint density at radius 1 is 1.47 bits per heavy atom. The molecule has 0 aromatic carbocycles. The minimum absolute atomic E-state index is 0.433. The summed E-state index contributed by atoms with van der Waals surface area (Å²) < 4.78 is 24.7. The first-order valence-corrected chi connectivity index (χ1v) is 9.43. The topological polar surface area (TPSA) is 49.4 Å². The van der Waals surface area contributed by atoms with Crippen molar-refractivity contribution in [2.24, 2.45) is 5.92 Å². The molecule has 0 saturated carbocycles. The van der Waals surface area contributed by atoms with E-state index < -0.39 is 10.0 Å². The Kier molecular flexibility index (Phi) is 5.00. The van der Waals surface area contributed by atoms with Crippen LogP contribution in [-0.4, -0.2) is 38.6 Å². The summed E-state index contributed by atoms with van der Waals surface area (Å²) in [6.07, 6.45) is 3.38. The minimum Gasteiger partial charge on any atom is -0.312 e. The molecule has 0 spiro atoms. The second kappa shape index (κ2) is 6.35. The molecule has 0 radical (unpaired) electrons. The lowest BCUT2D eigenvalue weighted by Gasteiger charge is -2.31. The fraction of sp³-hybridized carbons (Fsp3) is 0.692. The van der Waals surface area contributed by atoms with Gasteiger partial charge in [-0.25, -0.2) is 12.7 Å². The maximum absolute atomic E-state index is 11.5. The van der Waals surface area contributed by atoms with Crippen molar-refractivity contribution in [3.05, 3.63) is 21.9 Å². The fourth-order valence-electron chi connectivity index (χ4n) is 2.47. The van der Waals surface area contributed by atoms with E-state index in [2.05, 4.69) is 23.0 Å². The summed E-state index contributed by atoms with van der Waals surface area (Å²) in [7, 11) is -3.03. The van der Waals surface area contributed by atoms with Crippen molar-refractivity contribution in [2.45, 2.75) is 26.3 Å². The molecule has 108 valence electrons. The van der Waals surface area contributed by atoms with Crippen LogP contribution < -0.4 is 5.32 Å². The van der Waals surface area contributed by atoms with E-state index in [0.717, 1.165) is 25.9 Å². The highest BCUT2D eigenvalue weighted by Gasteiger charge is 2.25. The Morgan fingerprint density at radius 3 is 2.89 bits per heavy atom. The van der Waals surface area contributed by atoms with E-state index >= 15 is 0 Å². The predicted molar refractivity (Wildman–Crippen MR) is 79.9 cm³/mol. The number of aryl methyl sites for hydroxylation is 1. The summed E-state index contributed by atoms with van der Waals surface area (Å²) in [5.41, 5.74) is 2.68. The first kappa shape index (κ1) is 15.0. The number of hydrogen-bond acceptors (Lipinski definition) is 4. The van der Waals surface area contributed by atoms with E-state index in [-0.39, 0.29) is 0 Å². The van der Waals surface area contributed by atoms with Gasteiger partial charge in [0, 0.05) is 19.6 Å². The Hall–Kier alpha value is -0.430. The smallest absolute Gasteiger partial charge is 0.211 e. The molecule has 0 bridgehead atoms. The summed E-state index contributed by atoms with van der Waals surface area (Å²) in [4.78, 5) is 0. The van der Waals surface area contributed by atoms with Gasteiger partial charge in [-0.3, -0.25) is 0 Å². The zero-order valence-electron chi connectivity index (χ0n) is 11.6. The highest BCUT2D eigenvalue weighted by Crippen LogP contribution is 2.18. The van der Waals surface area contributed by atoms with Crippen LogP contribution in [0.1, 0.15) is 24.0 Å². The highest BCUT2D eigenvalue weighted by atomic mass is 32.2. The van der Waals surface area contributed by atoms with Crippen LogP contribution in [0.2, 0.25) is 0 Å². The van der Waals surface area contributed by atoms with E-state index in [1.807, 2.05) is 0 Å². The fourth-order valence-corrected chi connectivity index (χ4v) is 4.27. The lowest BCUT2D eigenvalue weighted by Crippen LogP contribution is -2.42. The van der Waals surface area contributed by atoms with Crippen LogP contribution in [0.4, 0.5) is 0 Å². The second-order valence-corrected chi connectivity index (χ2v) is 8.07. The van der Waals surface area contributed by atoms with Crippen molar-refractivity contribution in [2.75, 3.05) is 25.9 Å². The molecule has 19 heavy (non-hydrogen) atoms. The van der Waals surface area contributed by atoms with Crippen LogP contribution in [0.3, 0.4) is 0 Å².